The van der Waals surface area contributed by atoms with Gasteiger partial charge in [-0.15, -0.1) is 0 Å². The summed E-state index contributed by atoms with van der Waals surface area (Å²) in [5, 5.41) is 0.670. The molecule has 14 heavy (non-hydrogen) atoms. The number of hydrogen-bond acceptors (Lipinski definition) is 1. The Kier molecular flexibility index (Phi) is 2.76. The monoisotopic (exact) mass is 288 g/mol. The molecular formula is C9H6BrClN2S. The highest BCUT2D eigenvalue weighted by Gasteiger charge is 2.03. The van der Waals surface area contributed by atoms with E-state index in [0.717, 1.165) is 10.2 Å². The smallest absolute Gasteiger partial charge is 0.181 e. The van der Waals surface area contributed by atoms with E-state index in [4.69, 9.17) is 23.8 Å². The van der Waals surface area contributed by atoms with Crippen LogP contribution >= 0.6 is 39.7 Å². The molecule has 5 heteroatoms. The molecule has 0 unspecified atom stereocenters. The average molecular weight is 290 g/mol. The predicted molar refractivity (Wildman–Crippen MR) is 63.7 cm³/mol. The van der Waals surface area contributed by atoms with E-state index >= 15 is 0 Å². The Hall–Kier alpha value is -0.580. The minimum atomic E-state index is 0.630. The molecule has 1 aromatic heterocycles. The molecule has 0 radical (unpaired) electrons. The topological polar surface area (TPSA) is 20.7 Å². The van der Waals surface area contributed by atoms with Gasteiger partial charge in [0.25, 0.3) is 0 Å². The summed E-state index contributed by atoms with van der Waals surface area (Å²) in [6.45, 7) is 0. The molecule has 1 aromatic carbocycles. The number of hydrogen-bond donors (Lipinski definition) is 1. The number of benzene rings is 1. The number of imidazole rings is 1. The van der Waals surface area contributed by atoms with Crippen molar-refractivity contribution in [2.75, 3.05) is 0 Å². The second-order valence-electron chi connectivity index (χ2n) is 2.73. The lowest BCUT2D eigenvalue weighted by atomic mass is 10.3. The lowest BCUT2D eigenvalue weighted by molar-refractivity contribution is 1.03. The maximum Gasteiger partial charge on any atom is 0.181 e. The third-order valence-electron chi connectivity index (χ3n) is 1.82. The molecule has 1 heterocycles. The molecule has 2 aromatic rings. The molecular weight excluding hydrogens is 284 g/mol. The Balaban J connectivity index is 2.68. The molecule has 0 atom stereocenters. The Labute approximate surface area is 99.7 Å². The Bertz CT molecular complexity index is 518. The zero-order chi connectivity index (χ0) is 10.1. The van der Waals surface area contributed by atoms with Gasteiger partial charge in [0.05, 0.1) is 10.7 Å². The molecule has 0 saturated heterocycles. The quantitative estimate of drug-likeness (QED) is 0.788. The van der Waals surface area contributed by atoms with Gasteiger partial charge in [-0.3, -0.25) is 4.57 Å². The van der Waals surface area contributed by atoms with Crippen molar-refractivity contribution in [1.82, 2.24) is 9.55 Å². The third kappa shape index (κ3) is 1.78. The van der Waals surface area contributed by atoms with Crippen LogP contribution in [-0.2, 0) is 0 Å². The van der Waals surface area contributed by atoms with E-state index in [1.807, 2.05) is 29.0 Å². The minimum absolute atomic E-state index is 0.630. The van der Waals surface area contributed by atoms with Crippen LogP contribution in [0, 0.1) is 4.77 Å². The second kappa shape index (κ2) is 3.88. The zero-order valence-electron chi connectivity index (χ0n) is 7.00. The van der Waals surface area contributed by atoms with Gasteiger partial charge in [-0.1, -0.05) is 27.5 Å². The number of nitrogens with one attached hydrogen (secondary N) is 1. The van der Waals surface area contributed by atoms with Gasteiger partial charge >= 0.3 is 0 Å². The van der Waals surface area contributed by atoms with Crippen LogP contribution in [0.25, 0.3) is 5.69 Å². The summed E-state index contributed by atoms with van der Waals surface area (Å²) in [6.07, 6.45) is 3.62. The van der Waals surface area contributed by atoms with E-state index in [2.05, 4.69) is 20.9 Å². The van der Waals surface area contributed by atoms with E-state index in [1.54, 1.807) is 6.20 Å². The summed E-state index contributed by atoms with van der Waals surface area (Å²) < 4.78 is 3.42. The predicted octanol–water partition coefficient (Wildman–Crippen LogP) is 3.95. The van der Waals surface area contributed by atoms with Crippen LogP contribution < -0.4 is 0 Å². The SMILES string of the molecule is S=c1[nH]ccn1-c1cc(Br)ccc1Cl. The van der Waals surface area contributed by atoms with Crippen molar-refractivity contribution in [3.63, 3.8) is 0 Å². The molecule has 0 aliphatic carbocycles. The van der Waals surface area contributed by atoms with Gasteiger partial charge in [0.15, 0.2) is 4.77 Å². The Morgan fingerprint density at radius 3 is 2.86 bits per heavy atom. The number of aromatic nitrogens is 2. The molecule has 2 nitrogen and oxygen atoms in total. The molecule has 0 aliphatic heterocycles. The van der Waals surface area contributed by atoms with Gasteiger partial charge in [0, 0.05) is 16.9 Å². The lowest BCUT2D eigenvalue weighted by Crippen LogP contribution is -1.93. The van der Waals surface area contributed by atoms with Gasteiger partial charge in [0.1, 0.15) is 0 Å². The van der Waals surface area contributed by atoms with E-state index in [9.17, 15) is 0 Å². The van der Waals surface area contributed by atoms with Crippen molar-refractivity contribution in [1.29, 1.82) is 0 Å². The summed E-state index contributed by atoms with van der Waals surface area (Å²) >= 11 is 14.6. The van der Waals surface area contributed by atoms with Crippen molar-refractivity contribution >= 4 is 39.7 Å². The fourth-order valence-corrected chi connectivity index (χ4v) is 1.97. The zero-order valence-corrected chi connectivity index (χ0v) is 10.2. The first-order valence-electron chi connectivity index (χ1n) is 3.90. The molecule has 0 spiro atoms. The van der Waals surface area contributed by atoms with Crippen molar-refractivity contribution in [2.45, 2.75) is 0 Å². The first-order chi connectivity index (χ1) is 6.68. The highest BCUT2D eigenvalue weighted by atomic mass is 79.9. The number of nitrogens with zero attached hydrogens (tertiary/aromatic N) is 1. The van der Waals surface area contributed by atoms with E-state index in [1.165, 1.54) is 0 Å². The molecule has 0 amide bonds. The first-order valence-corrected chi connectivity index (χ1v) is 5.48. The Morgan fingerprint density at radius 1 is 1.43 bits per heavy atom. The molecule has 0 aliphatic rings. The minimum Gasteiger partial charge on any atom is -0.337 e. The van der Waals surface area contributed by atoms with Crippen LogP contribution in [0.5, 0.6) is 0 Å². The van der Waals surface area contributed by atoms with Crippen LogP contribution in [0.3, 0.4) is 0 Å². The number of H-pyrrole nitrogens is 1. The highest BCUT2D eigenvalue weighted by Crippen LogP contribution is 2.24. The van der Waals surface area contributed by atoms with Gasteiger partial charge in [-0.2, -0.15) is 0 Å². The van der Waals surface area contributed by atoms with Crippen molar-refractivity contribution < 1.29 is 0 Å². The highest BCUT2D eigenvalue weighted by molar-refractivity contribution is 9.10. The summed E-state index contributed by atoms with van der Waals surface area (Å²) in [6, 6.07) is 5.64. The number of halogens is 2. The largest absolute Gasteiger partial charge is 0.337 e. The fourth-order valence-electron chi connectivity index (χ4n) is 1.18. The number of aromatic amines is 1. The van der Waals surface area contributed by atoms with Crippen molar-refractivity contribution in [3.05, 3.63) is 44.9 Å². The van der Waals surface area contributed by atoms with Crippen molar-refractivity contribution in [3.8, 4) is 5.69 Å². The fraction of sp³-hybridized carbons (Fsp3) is 0. The molecule has 0 fully saturated rings. The molecule has 2 rings (SSSR count). The van der Waals surface area contributed by atoms with Crippen LogP contribution in [-0.4, -0.2) is 9.55 Å². The maximum atomic E-state index is 6.06. The van der Waals surface area contributed by atoms with Crippen LogP contribution in [0.2, 0.25) is 5.02 Å². The van der Waals surface area contributed by atoms with Gasteiger partial charge in [-0.05, 0) is 30.4 Å². The number of rotatable bonds is 1. The molecule has 0 bridgehead atoms. The van der Waals surface area contributed by atoms with Gasteiger partial charge in [0.2, 0.25) is 0 Å². The van der Waals surface area contributed by atoms with Crippen molar-refractivity contribution in [2.24, 2.45) is 0 Å². The summed E-state index contributed by atoms with van der Waals surface area (Å²) in [7, 11) is 0. The third-order valence-corrected chi connectivity index (χ3v) is 2.94. The second-order valence-corrected chi connectivity index (χ2v) is 4.44. The summed E-state index contributed by atoms with van der Waals surface area (Å²) in [4.78, 5) is 2.92. The van der Waals surface area contributed by atoms with Gasteiger partial charge < -0.3 is 4.98 Å². The standard InChI is InChI=1S/C9H6BrClN2S/c10-6-1-2-7(11)8(5-6)13-4-3-12-9(13)14/h1-5H,(H,12,14). The maximum absolute atomic E-state index is 6.06. The molecule has 1 N–H and O–H groups in total. The summed E-state index contributed by atoms with van der Waals surface area (Å²) in [5.41, 5.74) is 0.868. The van der Waals surface area contributed by atoms with E-state index in [0.29, 0.717) is 9.79 Å². The van der Waals surface area contributed by atoms with E-state index < -0.39 is 0 Å². The lowest BCUT2D eigenvalue weighted by Gasteiger charge is -2.05. The van der Waals surface area contributed by atoms with Crippen LogP contribution in [0.4, 0.5) is 0 Å². The normalized spacial score (nSPS) is 10.4. The van der Waals surface area contributed by atoms with Crippen LogP contribution in [0.1, 0.15) is 0 Å². The van der Waals surface area contributed by atoms with Crippen LogP contribution in [0.15, 0.2) is 35.1 Å². The Morgan fingerprint density at radius 2 is 2.21 bits per heavy atom. The molecule has 72 valence electrons. The van der Waals surface area contributed by atoms with Gasteiger partial charge in [-0.25, -0.2) is 0 Å². The molecule has 0 saturated carbocycles. The summed E-state index contributed by atoms with van der Waals surface area (Å²) in [5.74, 6) is 0. The van der Waals surface area contributed by atoms with E-state index in [-0.39, 0.29) is 0 Å². The first kappa shape index (κ1) is 9.96. The average Bonchev–Trinajstić information content (AvgIpc) is 2.56.